The van der Waals surface area contributed by atoms with Crippen LogP contribution in [0.1, 0.15) is 28.8 Å². The first kappa shape index (κ1) is 23.7. The smallest absolute Gasteiger partial charge is 0.369 e. The lowest BCUT2D eigenvalue weighted by Crippen LogP contribution is -2.36. The summed E-state index contributed by atoms with van der Waals surface area (Å²) >= 11 is 1.01. The lowest BCUT2D eigenvalue weighted by atomic mass is 9.96. The van der Waals surface area contributed by atoms with Gasteiger partial charge in [0.05, 0.1) is 17.4 Å². The van der Waals surface area contributed by atoms with E-state index in [2.05, 4.69) is 15.3 Å². The van der Waals surface area contributed by atoms with Gasteiger partial charge in [0.25, 0.3) is 0 Å². The summed E-state index contributed by atoms with van der Waals surface area (Å²) in [4.78, 5) is 11.0. The minimum Gasteiger partial charge on any atom is -0.369 e. The van der Waals surface area contributed by atoms with E-state index in [-0.39, 0.29) is 22.9 Å². The maximum absolute atomic E-state index is 13.2. The summed E-state index contributed by atoms with van der Waals surface area (Å²) in [6, 6.07) is 7.13. The first-order valence-electron chi connectivity index (χ1n) is 10.5. The molecule has 4 rings (SSSR count). The maximum Gasteiger partial charge on any atom is 0.416 e. The van der Waals surface area contributed by atoms with Crippen LogP contribution in [-0.4, -0.2) is 40.7 Å². The number of rotatable bonds is 6. The molecule has 0 saturated carbocycles. The van der Waals surface area contributed by atoms with Crippen molar-refractivity contribution in [2.24, 2.45) is 5.92 Å². The Morgan fingerprint density at radius 3 is 2.45 bits per heavy atom. The lowest BCUT2D eigenvalue weighted by Gasteiger charge is -2.32. The highest BCUT2D eigenvalue weighted by atomic mass is 32.1. The topological polar surface area (TPSA) is 41.0 Å². The molecular weight excluding hydrogens is 466 g/mol. The Morgan fingerprint density at radius 2 is 1.76 bits per heavy atom. The second-order valence-electron chi connectivity index (χ2n) is 8.20. The van der Waals surface area contributed by atoms with Gasteiger partial charge < -0.3 is 5.32 Å². The predicted molar refractivity (Wildman–Crippen MR) is 115 cm³/mol. The molecule has 0 spiro atoms. The number of fused-ring (bicyclic) bond motifs is 1. The largest absolute Gasteiger partial charge is 0.416 e. The van der Waals surface area contributed by atoms with Crippen LogP contribution in [0, 0.1) is 5.92 Å². The molecule has 0 amide bonds. The van der Waals surface area contributed by atoms with Crippen LogP contribution in [0.4, 0.5) is 32.2 Å². The lowest BCUT2D eigenvalue weighted by molar-refractivity contribution is -0.138. The van der Waals surface area contributed by atoms with E-state index < -0.39 is 24.3 Å². The number of benzene rings is 1. The Bertz CT molecular complexity index is 1090. The summed E-state index contributed by atoms with van der Waals surface area (Å²) in [6.45, 7) is 2.18. The monoisotopic (exact) mass is 488 g/mol. The Morgan fingerprint density at radius 1 is 1.03 bits per heavy atom. The van der Waals surface area contributed by atoms with Crippen molar-refractivity contribution in [2.75, 3.05) is 25.0 Å². The highest BCUT2D eigenvalue weighted by molar-refractivity contribution is 7.18. The highest BCUT2D eigenvalue weighted by Crippen LogP contribution is 2.34. The number of hydrogen-bond acceptors (Lipinski definition) is 5. The van der Waals surface area contributed by atoms with Crippen LogP contribution in [0.15, 0.2) is 36.7 Å². The van der Waals surface area contributed by atoms with Crippen molar-refractivity contribution in [3.05, 3.63) is 52.7 Å². The molecule has 3 heterocycles. The second kappa shape index (κ2) is 9.46. The van der Waals surface area contributed by atoms with Gasteiger partial charge in [-0.15, -0.1) is 11.3 Å². The SMILES string of the molecule is FC(F)(F)Cc1cc2c(NCC3CCN(Cc4ccccc4C(F)(F)F)CC3)ncnc2s1. The van der Waals surface area contributed by atoms with Gasteiger partial charge in [-0.1, -0.05) is 18.2 Å². The molecule has 1 aliphatic rings. The molecule has 1 fully saturated rings. The zero-order valence-corrected chi connectivity index (χ0v) is 18.3. The van der Waals surface area contributed by atoms with Gasteiger partial charge in [-0.25, -0.2) is 9.97 Å². The molecule has 0 atom stereocenters. The predicted octanol–water partition coefficient (Wildman–Crippen LogP) is 6.14. The van der Waals surface area contributed by atoms with Crippen molar-refractivity contribution in [3.63, 3.8) is 0 Å². The fraction of sp³-hybridized carbons (Fsp3) is 0.455. The third-order valence-corrected chi connectivity index (χ3v) is 6.78. The average Bonchev–Trinajstić information content (AvgIpc) is 3.14. The van der Waals surface area contributed by atoms with Gasteiger partial charge in [0.2, 0.25) is 0 Å². The Balaban J connectivity index is 1.33. The Hall–Kier alpha value is -2.40. The van der Waals surface area contributed by atoms with Gasteiger partial charge in [-0.2, -0.15) is 26.3 Å². The van der Waals surface area contributed by atoms with Crippen molar-refractivity contribution in [1.82, 2.24) is 14.9 Å². The molecule has 4 nitrogen and oxygen atoms in total. The fourth-order valence-electron chi connectivity index (χ4n) is 4.10. The van der Waals surface area contributed by atoms with E-state index >= 15 is 0 Å². The molecule has 33 heavy (non-hydrogen) atoms. The first-order chi connectivity index (χ1) is 15.6. The quantitative estimate of drug-likeness (QED) is 0.424. The number of anilines is 1. The number of nitrogens with zero attached hydrogens (tertiary/aromatic N) is 3. The zero-order chi connectivity index (χ0) is 23.6. The fourth-order valence-corrected chi connectivity index (χ4v) is 5.12. The molecule has 1 saturated heterocycles. The van der Waals surface area contributed by atoms with Crippen LogP contribution in [0.5, 0.6) is 0 Å². The van der Waals surface area contributed by atoms with Gasteiger partial charge >= 0.3 is 12.4 Å². The van der Waals surface area contributed by atoms with E-state index in [1.165, 1.54) is 24.5 Å². The number of aromatic nitrogens is 2. The van der Waals surface area contributed by atoms with Crippen LogP contribution >= 0.6 is 11.3 Å². The van der Waals surface area contributed by atoms with E-state index in [1.54, 1.807) is 6.07 Å². The van der Waals surface area contributed by atoms with Gasteiger partial charge in [0, 0.05) is 18.0 Å². The number of likely N-dealkylation sites (tertiary alicyclic amines) is 1. The Kier molecular flexibility index (Phi) is 6.81. The van der Waals surface area contributed by atoms with E-state index in [4.69, 9.17) is 0 Å². The Labute approximate surface area is 190 Å². The molecular formula is C22H22F6N4S. The summed E-state index contributed by atoms with van der Waals surface area (Å²) in [5.41, 5.74) is -0.320. The molecule has 3 aromatic rings. The molecule has 1 aromatic carbocycles. The molecule has 1 aliphatic heterocycles. The highest BCUT2D eigenvalue weighted by Gasteiger charge is 2.33. The van der Waals surface area contributed by atoms with Gasteiger partial charge in [0.1, 0.15) is 17.0 Å². The summed E-state index contributed by atoms with van der Waals surface area (Å²) < 4.78 is 77.8. The number of halogens is 6. The third-order valence-electron chi connectivity index (χ3n) is 5.74. The molecule has 1 N–H and O–H groups in total. The summed E-state index contributed by atoms with van der Waals surface area (Å²) in [5.74, 6) is 0.795. The van der Waals surface area contributed by atoms with Crippen LogP contribution < -0.4 is 5.32 Å². The van der Waals surface area contributed by atoms with Crippen LogP contribution in [0.2, 0.25) is 0 Å². The van der Waals surface area contributed by atoms with Crippen molar-refractivity contribution < 1.29 is 26.3 Å². The van der Waals surface area contributed by atoms with E-state index in [0.29, 0.717) is 35.7 Å². The number of hydrogen-bond donors (Lipinski definition) is 1. The van der Waals surface area contributed by atoms with Crippen LogP contribution in [0.3, 0.4) is 0 Å². The van der Waals surface area contributed by atoms with Gasteiger partial charge in [-0.05, 0) is 49.5 Å². The second-order valence-corrected chi connectivity index (χ2v) is 9.32. The minimum atomic E-state index is -4.37. The van der Waals surface area contributed by atoms with Crippen molar-refractivity contribution >= 4 is 27.4 Å². The average molecular weight is 489 g/mol. The summed E-state index contributed by atoms with van der Waals surface area (Å²) in [6.07, 6.45) is -6.71. The molecule has 0 aliphatic carbocycles. The zero-order valence-electron chi connectivity index (χ0n) is 17.5. The normalized spacial score (nSPS) is 16.4. The van der Waals surface area contributed by atoms with E-state index in [0.717, 1.165) is 30.2 Å². The molecule has 0 radical (unpaired) electrons. The maximum atomic E-state index is 13.2. The summed E-state index contributed by atoms with van der Waals surface area (Å²) in [5, 5.41) is 3.81. The molecule has 178 valence electrons. The van der Waals surface area contributed by atoms with E-state index in [1.807, 2.05) is 4.90 Å². The molecule has 0 unspecified atom stereocenters. The first-order valence-corrected chi connectivity index (χ1v) is 11.3. The van der Waals surface area contributed by atoms with Crippen molar-refractivity contribution in [2.45, 2.75) is 38.2 Å². The minimum absolute atomic E-state index is 0.188. The molecule has 11 heteroatoms. The summed E-state index contributed by atoms with van der Waals surface area (Å²) in [7, 11) is 0. The number of thiophene rings is 1. The molecule has 2 aromatic heterocycles. The number of alkyl halides is 6. The van der Waals surface area contributed by atoms with Gasteiger partial charge in [0.15, 0.2) is 0 Å². The number of nitrogens with one attached hydrogen (secondary N) is 1. The van der Waals surface area contributed by atoms with Gasteiger partial charge in [-0.3, -0.25) is 4.90 Å². The standard InChI is InChI=1S/C22H22F6N4S/c23-21(24,25)10-16-9-17-19(30-13-31-20(17)33-16)29-11-14-5-7-32(8-6-14)12-15-3-1-2-4-18(15)22(26,27)28/h1-4,9,13-14H,5-8,10-12H2,(H,29,30,31). The van der Waals surface area contributed by atoms with Crippen LogP contribution in [0.25, 0.3) is 10.2 Å². The number of piperidine rings is 1. The van der Waals surface area contributed by atoms with Crippen LogP contribution in [-0.2, 0) is 19.1 Å². The third kappa shape index (κ3) is 6.14. The van der Waals surface area contributed by atoms with E-state index in [9.17, 15) is 26.3 Å². The molecule has 0 bridgehead atoms. The van der Waals surface area contributed by atoms with Crippen molar-refractivity contribution in [3.8, 4) is 0 Å². The van der Waals surface area contributed by atoms with Crippen molar-refractivity contribution in [1.29, 1.82) is 0 Å².